The van der Waals surface area contributed by atoms with Crippen LogP contribution in [-0.2, 0) is 24.0 Å². The topological polar surface area (TPSA) is 278 Å². The van der Waals surface area contributed by atoms with Gasteiger partial charge in [0.25, 0.3) is 11.8 Å². The maximum absolute atomic E-state index is 13.4. The Labute approximate surface area is 287 Å². The molecule has 8 N–H and O–H groups in total. The Hall–Kier alpha value is -4.73. The van der Waals surface area contributed by atoms with Gasteiger partial charge in [0.2, 0.25) is 16.4 Å². The van der Waals surface area contributed by atoms with Crippen molar-refractivity contribution in [3.05, 3.63) is 32.7 Å². The fraction of sp³-hybridized carbons (Fsp3) is 0.360. The molecule has 4 heterocycles. The van der Waals surface area contributed by atoms with Crippen molar-refractivity contribution in [3.8, 4) is 11.5 Å². The number of aromatic nitrogens is 1. The van der Waals surface area contributed by atoms with Gasteiger partial charge in [-0.2, -0.15) is 0 Å². The second-order valence-electron chi connectivity index (χ2n) is 10.9. The van der Waals surface area contributed by atoms with E-state index >= 15 is 0 Å². The molecule has 1 aromatic carbocycles. The van der Waals surface area contributed by atoms with Crippen molar-refractivity contribution >= 4 is 92.8 Å². The first-order valence-electron chi connectivity index (χ1n) is 13.4. The van der Waals surface area contributed by atoms with Gasteiger partial charge in [-0.3, -0.25) is 24.7 Å². The van der Waals surface area contributed by atoms with E-state index in [1.54, 1.807) is 0 Å². The molecule has 0 radical (unpaired) electrons. The molecular weight excluding hydrogens is 723 g/mol. The lowest BCUT2D eigenvalue weighted by molar-refractivity contribution is -0.161. The van der Waals surface area contributed by atoms with Crippen molar-refractivity contribution < 1.29 is 54.0 Å². The molecule has 23 heteroatoms. The first-order chi connectivity index (χ1) is 22.4. The Kier molecular flexibility index (Phi) is 8.92. The van der Waals surface area contributed by atoms with E-state index in [-0.39, 0.29) is 33.8 Å². The van der Waals surface area contributed by atoms with Gasteiger partial charge in [0.15, 0.2) is 22.3 Å². The molecule has 1 aromatic heterocycles. The van der Waals surface area contributed by atoms with Crippen LogP contribution in [0.1, 0.15) is 29.9 Å². The van der Waals surface area contributed by atoms with Crippen molar-refractivity contribution in [2.75, 3.05) is 25.4 Å². The van der Waals surface area contributed by atoms with E-state index in [4.69, 9.17) is 33.8 Å². The molecule has 19 nitrogen and oxygen atoms in total. The van der Waals surface area contributed by atoms with E-state index in [0.717, 1.165) is 38.3 Å². The van der Waals surface area contributed by atoms with Crippen LogP contribution in [0.25, 0.3) is 0 Å². The molecule has 3 fully saturated rings. The largest absolute Gasteiger partial charge is 0.504 e. The van der Waals surface area contributed by atoms with Crippen molar-refractivity contribution in [1.82, 2.24) is 30.5 Å². The number of carboxylic acid groups (broad SMARTS) is 2. The lowest BCUT2D eigenvalue weighted by Gasteiger charge is -2.41. The highest BCUT2D eigenvalue weighted by Gasteiger charge is 2.66. The zero-order valence-corrected chi connectivity index (χ0v) is 27.6. The highest BCUT2D eigenvalue weighted by Crippen LogP contribution is 2.49. The molecule has 48 heavy (non-hydrogen) atoms. The zero-order valence-electron chi connectivity index (χ0n) is 24.5. The third kappa shape index (κ3) is 5.82. The summed E-state index contributed by atoms with van der Waals surface area (Å²) in [5, 5.41) is 44.5. The number of β-lactam (4-membered cyclic amide) rings is 1. The molecule has 0 aliphatic carbocycles. The van der Waals surface area contributed by atoms with E-state index in [9.17, 15) is 49.2 Å². The number of carbonyl (C=O) groups excluding carboxylic acids is 4. The van der Waals surface area contributed by atoms with Gasteiger partial charge in [0.05, 0.1) is 23.7 Å². The molecule has 0 saturated carbocycles. The molecule has 2 aromatic rings. The molecule has 0 spiro atoms. The third-order valence-corrected chi connectivity index (χ3v) is 10.6. The average Bonchev–Trinajstić information content (AvgIpc) is 3.67. The summed E-state index contributed by atoms with van der Waals surface area (Å²) in [6.07, 6.45) is 0. The van der Waals surface area contributed by atoms with Gasteiger partial charge in [0.1, 0.15) is 21.4 Å². The van der Waals surface area contributed by atoms with Crippen molar-refractivity contribution in [2.45, 2.75) is 35.7 Å². The van der Waals surface area contributed by atoms with Crippen LogP contribution in [0.15, 0.2) is 17.3 Å². The summed E-state index contributed by atoms with van der Waals surface area (Å²) in [5.41, 5.74) is 4.94. The molecule has 3 saturated heterocycles. The number of fused-ring (bicyclic) bond motifs is 1. The number of thiazole rings is 1. The van der Waals surface area contributed by atoms with Gasteiger partial charge < -0.3 is 41.2 Å². The number of nitrogen functional groups attached to an aromatic ring is 1. The fourth-order valence-corrected chi connectivity index (χ4v) is 7.57. The van der Waals surface area contributed by atoms with Gasteiger partial charge in [0, 0.05) is 6.54 Å². The predicted octanol–water partition coefficient (Wildman–Crippen LogP) is 0.291. The van der Waals surface area contributed by atoms with Crippen LogP contribution in [0.5, 0.6) is 11.5 Å². The number of carbonyl (C=O) groups is 6. The minimum absolute atomic E-state index is 0.0543. The summed E-state index contributed by atoms with van der Waals surface area (Å²) < 4.78 is -0.0893. The summed E-state index contributed by atoms with van der Waals surface area (Å²) in [6, 6.07) is -0.141. The Morgan fingerprint density at radius 3 is 2.46 bits per heavy atom. The van der Waals surface area contributed by atoms with Crippen molar-refractivity contribution in [3.63, 3.8) is 0 Å². The lowest BCUT2D eigenvalue weighted by Crippen LogP contribution is -2.68. The number of phenolic OH excluding ortho intramolecular Hbond substituents is 2. The number of nitrogens with zero attached hydrogens (tertiary/aromatic N) is 5. The van der Waals surface area contributed by atoms with Gasteiger partial charge in [-0.05, 0) is 26.0 Å². The highest BCUT2D eigenvalue weighted by molar-refractivity contribution is 8.02. The van der Waals surface area contributed by atoms with Crippen LogP contribution < -0.4 is 16.5 Å². The number of aromatic hydroxyl groups is 2. The third-order valence-electron chi connectivity index (χ3n) is 7.41. The number of thioether (sulfide) groups is 1. The number of halogens is 2. The first-order valence-corrected chi connectivity index (χ1v) is 15.9. The van der Waals surface area contributed by atoms with Crippen LogP contribution in [0.4, 0.5) is 9.93 Å². The maximum atomic E-state index is 13.4. The number of rotatable bonds is 10. The Balaban J connectivity index is 1.33. The van der Waals surface area contributed by atoms with Crippen LogP contribution in [0, 0.1) is 0 Å². The number of carboxylic acids is 2. The number of anilines is 1. The number of nitrogens with two attached hydrogens (primary N) is 1. The Morgan fingerprint density at radius 1 is 1.17 bits per heavy atom. The lowest BCUT2D eigenvalue weighted by atomic mass is 10.1. The molecule has 0 unspecified atom stereocenters. The van der Waals surface area contributed by atoms with E-state index in [2.05, 4.69) is 20.9 Å². The minimum Gasteiger partial charge on any atom is -0.504 e. The summed E-state index contributed by atoms with van der Waals surface area (Å²) >= 11 is 13.6. The summed E-state index contributed by atoms with van der Waals surface area (Å²) in [7, 11) is 0. The summed E-state index contributed by atoms with van der Waals surface area (Å²) in [6.45, 7) is 1.48. The molecule has 5 rings (SSSR count). The van der Waals surface area contributed by atoms with E-state index in [1.165, 1.54) is 13.8 Å². The summed E-state index contributed by atoms with van der Waals surface area (Å²) in [4.78, 5) is 86.0. The van der Waals surface area contributed by atoms with Crippen LogP contribution >= 0.6 is 46.3 Å². The average molecular weight is 748 g/mol. The number of hydrazine groups is 1. The monoisotopic (exact) mass is 746 g/mol. The van der Waals surface area contributed by atoms with E-state index in [1.807, 2.05) is 0 Å². The van der Waals surface area contributed by atoms with E-state index < -0.39 is 86.4 Å². The van der Waals surface area contributed by atoms with Gasteiger partial charge in [-0.15, -0.1) is 0 Å². The second kappa shape index (κ2) is 12.4. The predicted molar refractivity (Wildman–Crippen MR) is 167 cm³/mol. The van der Waals surface area contributed by atoms with Gasteiger partial charge in [-0.25, -0.2) is 24.4 Å². The van der Waals surface area contributed by atoms with Crippen molar-refractivity contribution in [1.29, 1.82) is 0 Å². The molecular formula is C25H24Cl2N8O11S2. The molecule has 3 atom stereocenters. The number of hydrogen-bond donors (Lipinski definition) is 7. The highest BCUT2D eigenvalue weighted by atomic mass is 35.5. The SMILES string of the molecule is CC(C)(O/N=C(\C(=O)N[C@@H]1C(=O)N2C[C@@](C(=O)O)(N3CCN(NC(=O)c4ccc(O)c(O)c4Cl)C3=O)S[C@H]12)c1nc(N)sc1Cl)C(=O)O. The number of oxime groups is 1. The van der Waals surface area contributed by atoms with Crippen LogP contribution in [-0.4, -0.2) is 123 Å². The minimum atomic E-state index is -2.04. The number of nitrogens with one attached hydrogen (secondary N) is 2. The molecule has 0 bridgehead atoms. The van der Waals surface area contributed by atoms with Gasteiger partial charge in [-0.1, -0.05) is 51.5 Å². The Bertz CT molecular complexity index is 1810. The molecule has 5 amide bonds. The Morgan fingerprint density at radius 2 is 1.85 bits per heavy atom. The van der Waals surface area contributed by atoms with Gasteiger partial charge >= 0.3 is 18.0 Å². The number of amides is 5. The first kappa shape index (κ1) is 34.6. The van der Waals surface area contributed by atoms with Crippen LogP contribution in [0.2, 0.25) is 9.36 Å². The normalized spacial score (nSPS) is 22.3. The number of phenols is 2. The van der Waals surface area contributed by atoms with E-state index in [0.29, 0.717) is 11.8 Å². The molecule has 3 aliphatic rings. The zero-order chi connectivity index (χ0) is 35.5. The quantitative estimate of drug-likeness (QED) is 0.0745. The smallest absolute Gasteiger partial charge is 0.350 e. The number of urea groups is 1. The van der Waals surface area contributed by atoms with Crippen molar-refractivity contribution in [2.24, 2.45) is 5.16 Å². The van der Waals surface area contributed by atoms with Crippen LogP contribution in [0.3, 0.4) is 0 Å². The second-order valence-corrected chi connectivity index (χ2v) is 14.3. The number of hydrogen-bond acceptors (Lipinski definition) is 14. The fourth-order valence-electron chi connectivity index (χ4n) is 4.76. The number of benzene rings is 1. The molecule has 3 aliphatic heterocycles. The molecule has 256 valence electrons. The summed E-state index contributed by atoms with van der Waals surface area (Å²) in [5.74, 6) is -6.93. The number of aliphatic carboxylic acids is 2. The maximum Gasteiger partial charge on any atom is 0.350 e. The standard InChI is InChI=1S/C25H24Cl2N8O11S2/c1-24(2,20(41)42)46-32-12(11-15(27)47-22(28)30-11)17(39)29-13-18(40)33-7-25(21(43)44,48-19(13)33)34-5-6-35(23(34)45)31-16(38)8-3-4-9(36)14(37)10(8)26/h3-4,13,19,36-37H,5-7H2,1-2H3,(H2,28,30)(H,29,39)(H,31,38)(H,41,42)(H,43,44)/b32-12-/t13-,19-,25-/m1/s1.